The second-order valence-corrected chi connectivity index (χ2v) is 13.7. The van der Waals surface area contributed by atoms with Gasteiger partial charge in [-0.25, -0.2) is 0 Å². The number of rotatable bonds is 13. The number of alkyl halides is 3. The smallest absolute Gasteiger partial charge is 0.340 e. The van der Waals surface area contributed by atoms with E-state index >= 15 is 0 Å². The second-order valence-electron chi connectivity index (χ2n) is 13.7. The zero-order valence-corrected chi connectivity index (χ0v) is 32.3. The van der Waals surface area contributed by atoms with Crippen LogP contribution in [0.5, 0.6) is 0 Å². The summed E-state index contributed by atoms with van der Waals surface area (Å²) in [4.78, 5) is 20.6. The van der Waals surface area contributed by atoms with Crippen molar-refractivity contribution in [2.75, 3.05) is 26.2 Å². The highest BCUT2D eigenvalue weighted by Crippen LogP contribution is 2.33. The molecular weight excluding hydrogens is 631 g/mol. The highest BCUT2D eigenvalue weighted by atomic mass is 19.4. The number of likely N-dealkylation sites (tertiary alicyclic amines) is 1. The minimum Gasteiger partial charge on any atom is -0.340 e. The molecule has 4 nitrogen and oxygen atoms in total. The van der Waals surface area contributed by atoms with Crippen LogP contribution in [0.1, 0.15) is 133 Å². The normalized spacial score (nSPS) is 14.8. The van der Waals surface area contributed by atoms with Crippen molar-refractivity contribution in [3.05, 3.63) is 106 Å². The first kappa shape index (κ1) is 42.8. The lowest BCUT2D eigenvalue weighted by molar-refractivity contribution is -0.137. The van der Waals surface area contributed by atoms with Gasteiger partial charge >= 0.3 is 6.18 Å². The molecule has 0 atom stereocenters. The minimum atomic E-state index is -4.53. The van der Waals surface area contributed by atoms with Gasteiger partial charge in [0.2, 0.25) is 0 Å². The molecule has 0 radical (unpaired) electrons. The van der Waals surface area contributed by atoms with Crippen LogP contribution in [0, 0.1) is 5.92 Å². The lowest BCUT2D eigenvalue weighted by Crippen LogP contribution is -2.39. The zero-order chi connectivity index (χ0) is 37.3. The van der Waals surface area contributed by atoms with Crippen LogP contribution in [0.4, 0.5) is 13.2 Å². The van der Waals surface area contributed by atoms with E-state index in [1.165, 1.54) is 48.4 Å². The number of carbonyl (C=O) groups excluding carboxylic acids is 1. The standard InChI is InChI=1S/C38H50F3N3O.C3H8.C2H6/c1-6-14-31-19-20-34(38(39,40)41)23-35(31)37(45)43(24-28(2)3)25-30(5)44(36-18-11-8-15-29(36)4)27-33-17-10-9-16-32(33)26-42-21-12-7-13-22-42;1-3-2;1-2/h9-10,15-20,23,28H,5-8,11-14,21-22,24-27H2,1-4H3;3H2,1-2H3;1-2H3. The number of piperidine rings is 1. The second kappa shape index (κ2) is 21.8. The van der Waals surface area contributed by atoms with Crippen LogP contribution in [0.3, 0.4) is 0 Å². The van der Waals surface area contributed by atoms with Gasteiger partial charge in [-0.3, -0.25) is 9.69 Å². The van der Waals surface area contributed by atoms with E-state index in [9.17, 15) is 18.0 Å². The molecule has 1 amide bonds. The van der Waals surface area contributed by atoms with Gasteiger partial charge in [0.05, 0.1) is 12.1 Å². The lowest BCUT2D eigenvalue weighted by atomic mass is 9.98. The average molecular weight is 696 g/mol. The van der Waals surface area contributed by atoms with E-state index < -0.39 is 11.7 Å². The molecule has 2 aromatic rings. The van der Waals surface area contributed by atoms with Crippen molar-refractivity contribution < 1.29 is 18.0 Å². The summed E-state index contributed by atoms with van der Waals surface area (Å²) in [5, 5.41) is 0. The van der Waals surface area contributed by atoms with Gasteiger partial charge in [-0.2, -0.15) is 13.2 Å². The Labute approximate surface area is 302 Å². The molecule has 0 aromatic heterocycles. The summed E-state index contributed by atoms with van der Waals surface area (Å²) >= 11 is 0. The van der Waals surface area contributed by atoms with E-state index in [1.54, 1.807) is 4.90 Å². The number of halogens is 3. The fourth-order valence-corrected chi connectivity index (χ4v) is 6.45. The van der Waals surface area contributed by atoms with Crippen molar-refractivity contribution in [2.24, 2.45) is 5.92 Å². The van der Waals surface area contributed by atoms with Crippen LogP contribution < -0.4 is 0 Å². The van der Waals surface area contributed by atoms with Crippen LogP contribution in [0.25, 0.3) is 0 Å². The van der Waals surface area contributed by atoms with E-state index in [4.69, 9.17) is 0 Å². The third-order valence-electron chi connectivity index (χ3n) is 8.75. The van der Waals surface area contributed by atoms with E-state index in [0.717, 1.165) is 62.4 Å². The van der Waals surface area contributed by atoms with Gasteiger partial charge in [-0.15, -0.1) is 0 Å². The maximum atomic E-state index is 14.2. The molecule has 0 saturated carbocycles. The van der Waals surface area contributed by atoms with E-state index in [2.05, 4.69) is 73.6 Å². The Morgan fingerprint density at radius 2 is 1.54 bits per heavy atom. The van der Waals surface area contributed by atoms with Gasteiger partial charge in [0, 0.05) is 36.6 Å². The predicted molar refractivity (Wildman–Crippen MR) is 205 cm³/mol. The van der Waals surface area contributed by atoms with Gasteiger partial charge < -0.3 is 9.80 Å². The molecule has 2 aliphatic rings. The summed E-state index contributed by atoms with van der Waals surface area (Å²) in [6.07, 6.45) is 8.13. The topological polar surface area (TPSA) is 26.8 Å². The molecule has 2 aromatic carbocycles. The van der Waals surface area contributed by atoms with Crippen molar-refractivity contribution in [1.82, 2.24) is 14.7 Å². The first-order chi connectivity index (χ1) is 23.9. The Bertz CT molecular complexity index is 1400. The fraction of sp³-hybridized carbons (Fsp3) is 0.558. The Morgan fingerprint density at radius 1 is 0.920 bits per heavy atom. The molecule has 278 valence electrons. The summed E-state index contributed by atoms with van der Waals surface area (Å²) < 4.78 is 41.2. The average Bonchev–Trinajstić information content (AvgIpc) is 3.09. The SMILES string of the molecule is C=C(CN(CC(C)C)C(=O)c1cc(C(F)(F)F)ccc1CCC)N(Cc1ccccc1CN1CCCCC1)C1=CCCC=C1C.CC.CCC. The summed E-state index contributed by atoms with van der Waals surface area (Å²) in [7, 11) is 0. The monoisotopic (exact) mass is 696 g/mol. The highest BCUT2D eigenvalue weighted by Gasteiger charge is 2.33. The molecule has 1 fully saturated rings. The van der Waals surface area contributed by atoms with Gasteiger partial charge in [0.1, 0.15) is 0 Å². The van der Waals surface area contributed by atoms with Gasteiger partial charge in [-0.1, -0.05) is 117 Å². The maximum absolute atomic E-state index is 14.2. The van der Waals surface area contributed by atoms with E-state index in [-0.39, 0.29) is 23.9 Å². The third kappa shape index (κ3) is 13.1. The molecule has 0 N–H and O–H groups in total. The summed E-state index contributed by atoms with van der Waals surface area (Å²) in [5.41, 5.74) is 5.49. The molecule has 0 unspecified atom stereocenters. The molecule has 4 rings (SSSR count). The summed E-state index contributed by atoms with van der Waals surface area (Å²) in [5.74, 6) is -0.258. The minimum absolute atomic E-state index is 0.122. The molecule has 1 aliphatic heterocycles. The summed E-state index contributed by atoms with van der Waals surface area (Å²) in [6.45, 7) is 25.2. The summed E-state index contributed by atoms with van der Waals surface area (Å²) in [6, 6.07) is 12.1. The molecule has 0 spiro atoms. The molecule has 0 bridgehead atoms. The van der Waals surface area contributed by atoms with Crippen LogP contribution in [-0.2, 0) is 25.7 Å². The van der Waals surface area contributed by atoms with Crippen molar-refractivity contribution in [3.8, 4) is 0 Å². The number of hydrogen-bond acceptors (Lipinski definition) is 3. The van der Waals surface area contributed by atoms with Crippen LogP contribution in [0.15, 0.2) is 78.2 Å². The van der Waals surface area contributed by atoms with Crippen molar-refractivity contribution in [2.45, 2.75) is 126 Å². The number of amides is 1. The quantitative estimate of drug-likeness (QED) is 0.209. The Kier molecular flexibility index (Phi) is 18.7. The first-order valence-electron chi connectivity index (χ1n) is 19.0. The predicted octanol–water partition coefficient (Wildman–Crippen LogP) is 11.8. The van der Waals surface area contributed by atoms with Gasteiger partial charge in [-0.05, 0) is 92.4 Å². The zero-order valence-electron chi connectivity index (χ0n) is 32.3. The highest BCUT2D eigenvalue weighted by molar-refractivity contribution is 5.96. The largest absolute Gasteiger partial charge is 0.416 e. The van der Waals surface area contributed by atoms with Crippen molar-refractivity contribution in [1.29, 1.82) is 0 Å². The first-order valence-corrected chi connectivity index (χ1v) is 19.0. The Hall–Kier alpha value is -3.32. The molecule has 1 aliphatic carbocycles. The number of hydrogen-bond donors (Lipinski definition) is 0. The van der Waals surface area contributed by atoms with Gasteiger partial charge in [0.15, 0.2) is 0 Å². The number of nitrogens with zero attached hydrogens (tertiary/aromatic N) is 3. The van der Waals surface area contributed by atoms with Crippen molar-refractivity contribution >= 4 is 5.91 Å². The van der Waals surface area contributed by atoms with Crippen LogP contribution in [0.2, 0.25) is 0 Å². The Morgan fingerprint density at radius 3 is 2.12 bits per heavy atom. The number of carbonyl (C=O) groups is 1. The van der Waals surface area contributed by atoms with E-state index in [1.807, 2.05) is 34.6 Å². The number of aryl methyl sites for hydroxylation is 1. The third-order valence-corrected chi connectivity index (χ3v) is 8.75. The van der Waals surface area contributed by atoms with E-state index in [0.29, 0.717) is 25.1 Å². The Balaban J connectivity index is 0.00000164. The molecule has 1 saturated heterocycles. The van der Waals surface area contributed by atoms with Crippen LogP contribution >= 0.6 is 0 Å². The molecular formula is C43H64F3N3O. The fourth-order valence-electron chi connectivity index (χ4n) is 6.45. The van der Waals surface area contributed by atoms with Gasteiger partial charge in [0.25, 0.3) is 5.91 Å². The molecule has 50 heavy (non-hydrogen) atoms. The van der Waals surface area contributed by atoms with Crippen molar-refractivity contribution in [3.63, 3.8) is 0 Å². The lowest BCUT2D eigenvalue weighted by Gasteiger charge is -2.36. The number of allylic oxidation sites excluding steroid dienone is 3. The molecule has 7 heteroatoms. The maximum Gasteiger partial charge on any atom is 0.416 e. The van der Waals surface area contributed by atoms with Crippen LogP contribution in [-0.4, -0.2) is 46.8 Å². The molecule has 1 heterocycles. The number of benzene rings is 2.